The van der Waals surface area contributed by atoms with Crippen LogP contribution in [0.15, 0.2) is 12.3 Å². The molecule has 6 heteroatoms. The summed E-state index contributed by atoms with van der Waals surface area (Å²) in [6.45, 7) is 6.41. The third-order valence-corrected chi connectivity index (χ3v) is 2.42. The average molecular weight is 266 g/mol. The second-order valence-corrected chi connectivity index (χ2v) is 4.77. The Balaban J connectivity index is 2.34. The smallest absolute Gasteiger partial charge is 0.250 e. The molecule has 1 amide bonds. The zero-order valence-electron chi connectivity index (χ0n) is 11.5. The van der Waals surface area contributed by atoms with Crippen LogP contribution in [-0.4, -0.2) is 30.6 Å². The number of nitrogens with one attached hydrogen (secondary N) is 1. The number of primary amides is 1. The SMILES string of the molecule is CC(C)COCCCNc1cc(C(N)=O)c(N)cn1. The maximum absolute atomic E-state index is 11.1. The van der Waals surface area contributed by atoms with Crippen molar-refractivity contribution in [1.29, 1.82) is 0 Å². The zero-order chi connectivity index (χ0) is 14.3. The van der Waals surface area contributed by atoms with Gasteiger partial charge in [-0.15, -0.1) is 0 Å². The summed E-state index contributed by atoms with van der Waals surface area (Å²) >= 11 is 0. The normalized spacial score (nSPS) is 10.7. The first-order valence-corrected chi connectivity index (χ1v) is 6.37. The number of nitrogens with zero attached hydrogens (tertiary/aromatic N) is 1. The molecular formula is C13H22N4O2. The van der Waals surface area contributed by atoms with Crippen LogP contribution in [0, 0.1) is 5.92 Å². The Hall–Kier alpha value is -1.82. The molecule has 0 saturated carbocycles. The zero-order valence-corrected chi connectivity index (χ0v) is 11.5. The monoisotopic (exact) mass is 266 g/mol. The molecule has 0 saturated heterocycles. The van der Waals surface area contributed by atoms with Crippen LogP contribution in [0.4, 0.5) is 11.5 Å². The van der Waals surface area contributed by atoms with Gasteiger partial charge < -0.3 is 21.5 Å². The molecule has 1 aromatic heterocycles. The molecule has 0 atom stereocenters. The van der Waals surface area contributed by atoms with Crippen LogP contribution in [0.2, 0.25) is 0 Å². The fourth-order valence-corrected chi connectivity index (χ4v) is 1.49. The molecule has 0 bridgehead atoms. The van der Waals surface area contributed by atoms with Gasteiger partial charge in [-0.05, 0) is 18.4 Å². The van der Waals surface area contributed by atoms with Crippen molar-refractivity contribution in [1.82, 2.24) is 4.98 Å². The third kappa shape index (κ3) is 5.56. The Morgan fingerprint density at radius 3 is 2.89 bits per heavy atom. The summed E-state index contributed by atoms with van der Waals surface area (Å²) in [5.41, 5.74) is 11.4. The quantitative estimate of drug-likeness (QED) is 0.614. The van der Waals surface area contributed by atoms with Gasteiger partial charge >= 0.3 is 0 Å². The summed E-state index contributed by atoms with van der Waals surface area (Å²) in [4.78, 5) is 15.2. The largest absolute Gasteiger partial charge is 0.397 e. The molecule has 0 unspecified atom stereocenters. The maximum atomic E-state index is 11.1. The van der Waals surface area contributed by atoms with Crippen LogP contribution in [0.5, 0.6) is 0 Å². The lowest BCUT2D eigenvalue weighted by Gasteiger charge is -2.09. The summed E-state index contributed by atoms with van der Waals surface area (Å²) in [6, 6.07) is 1.56. The van der Waals surface area contributed by atoms with Crippen molar-refractivity contribution in [3.05, 3.63) is 17.8 Å². The van der Waals surface area contributed by atoms with Crippen molar-refractivity contribution >= 4 is 17.4 Å². The first-order chi connectivity index (χ1) is 9.00. The molecule has 19 heavy (non-hydrogen) atoms. The predicted octanol–water partition coefficient (Wildman–Crippen LogP) is 1.24. The molecule has 0 radical (unpaired) electrons. The van der Waals surface area contributed by atoms with Gasteiger partial charge in [-0.25, -0.2) is 4.98 Å². The van der Waals surface area contributed by atoms with Crippen LogP contribution in [0.25, 0.3) is 0 Å². The molecule has 0 spiro atoms. The minimum absolute atomic E-state index is 0.286. The van der Waals surface area contributed by atoms with E-state index < -0.39 is 5.91 Å². The van der Waals surface area contributed by atoms with Crippen molar-refractivity contribution in [2.75, 3.05) is 30.8 Å². The number of aromatic nitrogens is 1. The molecular weight excluding hydrogens is 244 g/mol. The standard InChI is InChI=1S/C13H22N4O2/c1-9(2)8-19-5-3-4-16-12-6-10(13(15)18)11(14)7-17-12/h6-7,9H,3-5,8,14H2,1-2H3,(H2,15,18)(H,16,17). The van der Waals surface area contributed by atoms with E-state index in [4.69, 9.17) is 16.2 Å². The van der Waals surface area contributed by atoms with Crippen molar-refractivity contribution in [2.45, 2.75) is 20.3 Å². The molecule has 0 aliphatic heterocycles. The van der Waals surface area contributed by atoms with Crippen LogP contribution in [0.3, 0.4) is 0 Å². The Morgan fingerprint density at radius 1 is 1.53 bits per heavy atom. The van der Waals surface area contributed by atoms with E-state index in [0.717, 1.165) is 13.0 Å². The second-order valence-electron chi connectivity index (χ2n) is 4.77. The minimum atomic E-state index is -0.553. The van der Waals surface area contributed by atoms with E-state index in [1.807, 2.05) is 0 Å². The van der Waals surface area contributed by atoms with E-state index >= 15 is 0 Å². The molecule has 5 N–H and O–H groups in total. The number of carbonyl (C=O) groups excluding carboxylic acids is 1. The molecule has 1 aromatic rings. The van der Waals surface area contributed by atoms with Gasteiger partial charge in [0, 0.05) is 19.8 Å². The lowest BCUT2D eigenvalue weighted by Crippen LogP contribution is -2.15. The summed E-state index contributed by atoms with van der Waals surface area (Å²) in [5, 5.41) is 3.10. The molecule has 1 rings (SSSR count). The van der Waals surface area contributed by atoms with Crippen LogP contribution in [-0.2, 0) is 4.74 Å². The van der Waals surface area contributed by atoms with Gasteiger partial charge in [0.15, 0.2) is 0 Å². The fourth-order valence-electron chi connectivity index (χ4n) is 1.49. The molecule has 0 aliphatic rings. The summed E-state index contributed by atoms with van der Waals surface area (Å²) in [5.74, 6) is 0.583. The van der Waals surface area contributed by atoms with Crippen molar-refractivity contribution in [3.8, 4) is 0 Å². The first-order valence-electron chi connectivity index (χ1n) is 6.37. The van der Waals surface area contributed by atoms with E-state index in [2.05, 4.69) is 24.1 Å². The van der Waals surface area contributed by atoms with E-state index in [1.54, 1.807) is 6.07 Å². The number of rotatable bonds is 8. The van der Waals surface area contributed by atoms with Gasteiger partial charge in [0.2, 0.25) is 0 Å². The van der Waals surface area contributed by atoms with E-state index in [1.165, 1.54) is 6.20 Å². The highest BCUT2D eigenvalue weighted by Gasteiger charge is 2.07. The van der Waals surface area contributed by atoms with Crippen molar-refractivity contribution < 1.29 is 9.53 Å². The van der Waals surface area contributed by atoms with Crippen LogP contribution in [0.1, 0.15) is 30.6 Å². The number of hydrogen-bond acceptors (Lipinski definition) is 5. The summed E-state index contributed by atoms with van der Waals surface area (Å²) < 4.78 is 5.46. The number of nitrogen functional groups attached to an aromatic ring is 1. The minimum Gasteiger partial charge on any atom is -0.397 e. The second kappa shape index (κ2) is 7.58. The highest BCUT2D eigenvalue weighted by molar-refractivity contribution is 5.98. The number of carbonyl (C=O) groups is 1. The predicted molar refractivity (Wildman–Crippen MR) is 75.9 cm³/mol. The number of amides is 1. The lowest BCUT2D eigenvalue weighted by molar-refractivity contribution is 0.100. The third-order valence-electron chi connectivity index (χ3n) is 2.42. The molecule has 0 aromatic carbocycles. The Bertz CT molecular complexity index is 421. The molecule has 0 fully saturated rings. The number of nitrogens with two attached hydrogens (primary N) is 2. The highest BCUT2D eigenvalue weighted by Crippen LogP contribution is 2.13. The van der Waals surface area contributed by atoms with Crippen LogP contribution >= 0.6 is 0 Å². The number of ether oxygens (including phenoxy) is 1. The average Bonchev–Trinajstić information content (AvgIpc) is 2.34. The van der Waals surface area contributed by atoms with Gasteiger partial charge in [-0.3, -0.25) is 4.79 Å². The molecule has 1 heterocycles. The Kier molecular flexibility index (Phi) is 6.08. The molecule has 0 aliphatic carbocycles. The number of hydrogen-bond donors (Lipinski definition) is 3. The summed E-state index contributed by atoms with van der Waals surface area (Å²) in [6.07, 6.45) is 2.29. The van der Waals surface area contributed by atoms with Crippen molar-refractivity contribution in [3.63, 3.8) is 0 Å². The molecule has 106 valence electrons. The molecule has 6 nitrogen and oxygen atoms in total. The maximum Gasteiger partial charge on any atom is 0.250 e. The first kappa shape index (κ1) is 15.2. The number of pyridine rings is 1. The van der Waals surface area contributed by atoms with Gasteiger partial charge in [-0.2, -0.15) is 0 Å². The lowest BCUT2D eigenvalue weighted by atomic mass is 10.2. The fraction of sp³-hybridized carbons (Fsp3) is 0.538. The van der Waals surface area contributed by atoms with Gasteiger partial charge in [-0.1, -0.05) is 13.8 Å². The van der Waals surface area contributed by atoms with Crippen LogP contribution < -0.4 is 16.8 Å². The number of anilines is 2. The Morgan fingerprint density at radius 2 is 2.26 bits per heavy atom. The van der Waals surface area contributed by atoms with E-state index in [9.17, 15) is 4.79 Å². The topological polar surface area (TPSA) is 103 Å². The summed E-state index contributed by atoms with van der Waals surface area (Å²) in [7, 11) is 0. The van der Waals surface area contributed by atoms with E-state index in [-0.39, 0.29) is 5.56 Å². The van der Waals surface area contributed by atoms with E-state index in [0.29, 0.717) is 30.6 Å². The van der Waals surface area contributed by atoms with Gasteiger partial charge in [0.25, 0.3) is 5.91 Å². The van der Waals surface area contributed by atoms with Gasteiger partial charge in [0.1, 0.15) is 5.82 Å². The Labute approximate surface area is 113 Å². The van der Waals surface area contributed by atoms with Crippen molar-refractivity contribution in [2.24, 2.45) is 11.7 Å². The van der Waals surface area contributed by atoms with Gasteiger partial charge in [0.05, 0.1) is 17.4 Å². The highest BCUT2D eigenvalue weighted by atomic mass is 16.5.